The van der Waals surface area contributed by atoms with Crippen LogP contribution in [-0.2, 0) is 16.6 Å². The molecule has 8 heteroatoms. The van der Waals surface area contributed by atoms with Gasteiger partial charge in [-0.1, -0.05) is 0 Å². The van der Waals surface area contributed by atoms with Crippen molar-refractivity contribution in [1.82, 2.24) is 9.55 Å². The van der Waals surface area contributed by atoms with Gasteiger partial charge in [0.2, 0.25) is 5.91 Å². The molecule has 0 bridgehead atoms. The summed E-state index contributed by atoms with van der Waals surface area (Å²) in [5.41, 5.74) is -1.32. The maximum Gasteiger partial charge on any atom is 0.329 e. The Morgan fingerprint density at radius 2 is 2.06 bits per heavy atom. The highest BCUT2D eigenvalue weighted by Gasteiger charge is 2.36. The van der Waals surface area contributed by atoms with E-state index in [0.29, 0.717) is 0 Å². The lowest BCUT2D eigenvalue weighted by molar-refractivity contribution is -0.138. The predicted octanol–water partition coefficient (Wildman–Crippen LogP) is -1.42. The lowest BCUT2D eigenvalue weighted by Crippen LogP contribution is -2.35. The largest absolute Gasteiger partial charge is 0.481 e. The number of carboxylic acids is 1. The number of rotatable bonds is 2. The lowest BCUT2D eigenvalue weighted by Gasteiger charge is -2.04. The van der Waals surface area contributed by atoms with Crippen LogP contribution in [0.1, 0.15) is 17.9 Å². The average molecular weight is 239 g/mol. The highest BCUT2D eigenvalue weighted by molar-refractivity contribution is 6.03. The number of hydrogen-bond donors (Lipinski definition) is 3. The Morgan fingerprint density at radius 1 is 1.41 bits per heavy atom. The molecule has 8 nitrogen and oxygen atoms in total. The summed E-state index contributed by atoms with van der Waals surface area (Å²) in [5.74, 6) is -2.85. The summed E-state index contributed by atoms with van der Waals surface area (Å²) in [6.45, 7) is 0. The number of nitrogens with zero attached hydrogens (tertiary/aromatic N) is 1. The summed E-state index contributed by atoms with van der Waals surface area (Å²) >= 11 is 0. The van der Waals surface area contributed by atoms with Crippen LogP contribution in [0.3, 0.4) is 0 Å². The molecule has 0 saturated heterocycles. The molecule has 0 radical (unpaired) electrons. The minimum atomic E-state index is -1.19. The van der Waals surface area contributed by atoms with E-state index < -0.39 is 35.5 Å². The van der Waals surface area contributed by atoms with Gasteiger partial charge in [-0.3, -0.25) is 23.9 Å². The van der Waals surface area contributed by atoms with Crippen molar-refractivity contribution in [2.45, 2.75) is 12.3 Å². The van der Waals surface area contributed by atoms with E-state index in [-0.39, 0.29) is 11.4 Å². The summed E-state index contributed by atoms with van der Waals surface area (Å²) in [5, 5.41) is 11.0. The van der Waals surface area contributed by atoms with Crippen molar-refractivity contribution in [2.75, 3.05) is 5.32 Å². The maximum atomic E-state index is 11.8. The van der Waals surface area contributed by atoms with Crippen LogP contribution in [0.15, 0.2) is 9.59 Å². The third-order valence-corrected chi connectivity index (χ3v) is 2.63. The van der Waals surface area contributed by atoms with Gasteiger partial charge in [0, 0.05) is 7.05 Å². The third-order valence-electron chi connectivity index (χ3n) is 2.63. The first kappa shape index (κ1) is 11.1. The SMILES string of the molecule is Cn1c(=O)[nH]c2c(c1=O)C(CC(=O)O)C(=O)N2. The van der Waals surface area contributed by atoms with E-state index in [1.807, 2.05) is 0 Å². The Bertz CT molecular complexity index is 626. The predicted molar refractivity (Wildman–Crippen MR) is 55.9 cm³/mol. The van der Waals surface area contributed by atoms with Gasteiger partial charge in [0.25, 0.3) is 5.56 Å². The van der Waals surface area contributed by atoms with Crippen molar-refractivity contribution in [3.63, 3.8) is 0 Å². The third kappa shape index (κ3) is 1.63. The molecule has 0 aliphatic carbocycles. The lowest BCUT2D eigenvalue weighted by atomic mass is 10.00. The number of anilines is 1. The van der Waals surface area contributed by atoms with Gasteiger partial charge in [-0.2, -0.15) is 0 Å². The van der Waals surface area contributed by atoms with Gasteiger partial charge in [-0.25, -0.2) is 4.79 Å². The van der Waals surface area contributed by atoms with E-state index in [0.717, 1.165) is 4.57 Å². The first-order valence-electron chi connectivity index (χ1n) is 4.77. The molecule has 1 unspecified atom stereocenters. The zero-order valence-electron chi connectivity index (χ0n) is 8.81. The van der Waals surface area contributed by atoms with Gasteiger partial charge >= 0.3 is 11.7 Å². The number of hydrogen-bond acceptors (Lipinski definition) is 4. The van der Waals surface area contributed by atoms with Crippen molar-refractivity contribution in [1.29, 1.82) is 0 Å². The Balaban J connectivity index is 2.64. The van der Waals surface area contributed by atoms with E-state index in [1.54, 1.807) is 0 Å². The van der Waals surface area contributed by atoms with Crippen LogP contribution >= 0.6 is 0 Å². The summed E-state index contributed by atoms with van der Waals surface area (Å²) in [7, 11) is 1.25. The van der Waals surface area contributed by atoms with Crippen LogP contribution in [0.5, 0.6) is 0 Å². The molecule has 1 amide bonds. The number of nitrogens with one attached hydrogen (secondary N) is 2. The first-order chi connectivity index (χ1) is 7.91. The van der Waals surface area contributed by atoms with E-state index in [4.69, 9.17) is 5.11 Å². The number of fused-ring (bicyclic) bond motifs is 1. The number of carboxylic acid groups (broad SMARTS) is 1. The van der Waals surface area contributed by atoms with Gasteiger partial charge < -0.3 is 10.4 Å². The molecule has 1 aliphatic rings. The molecule has 2 rings (SSSR count). The second-order valence-electron chi connectivity index (χ2n) is 3.72. The van der Waals surface area contributed by atoms with Crippen molar-refractivity contribution >= 4 is 17.7 Å². The highest BCUT2D eigenvalue weighted by atomic mass is 16.4. The molecule has 1 aromatic heterocycles. The second kappa shape index (κ2) is 3.58. The van der Waals surface area contributed by atoms with Gasteiger partial charge in [-0.15, -0.1) is 0 Å². The van der Waals surface area contributed by atoms with Crippen LogP contribution in [-0.4, -0.2) is 26.5 Å². The summed E-state index contributed by atoms with van der Waals surface area (Å²) in [6, 6.07) is 0. The molecule has 1 atom stereocenters. The topological polar surface area (TPSA) is 121 Å². The molecule has 3 N–H and O–H groups in total. The van der Waals surface area contributed by atoms with Crippen LogP contribution in [0, 0.1) is 0 Å². The summed E-state index contributed by atoms with van der Waals surface area (Å²) in [6.07, 6.45) is -0.486. The molecule has 2 heterocycles. The fourth-order valence-electron chi connectivity index (χ4n) is 1.77. The number of aromatic nitrogens is 2. The van der Waals surface area contributed by atoms with Gasteiger partial charge in [-0.05, 0) is 0 Å². The van der Waals surface area contributed by atoms with E-state index >= 15 is 0 Å². The Hall–Kier alpha value is -2.38. The number of carbonyl (C=O) groups is 2. The number of amides is 1. The Labute approximate surface area is 93.9 Å². The Kier molecular flexibility index (Phi) is 2.34. The molecule has 0 spiro atoms. The quantitative estimate of drug-likeness (QED) is 0.585. The standard InChI is InChI=1S/C9H9N3O5/c1-12-8(16)5-3(2-4(13)14)7(15)10-6(5)11-9(12)17/h3H,2H2,1H3,(H,10,15)(H,11,17)(H,13,14). The monoisotopic (exact) mass is 239 g/mol. The van der Waals surface area contributed by atoms with E-state index in [9.17, 15) is 19.2 Å². The van der Waals surface area contributed by atoms with Gasteiger partial charge in [0.1, 0.15) is 5.82 Å². The van der Waals surface area contributed by atoms with Crippen LogP contribution in [0.2, 0.25) is 0 Å². The fourth-order valence-corrected chi connectivity index (χ4v) is 1.77. The Morgan fingerprint density at radius 3 is 2.65 bits per heavy atom. The number of H-pyrrole nitrogens is 1. The first-order valence-corrected chi connectivity index (χ1v) is 4.77. The number of aliphatic carboxylic acids is 1. The van der Waals surface area contributed by atoms with Crippen molar-refractivity contribution in [3.8, 4) is 0 Å². The molecule has 1 aromatic rings. The number of aromatic amines is 1. The molecule has 0 saturated carbocycles. The zero-order chi connectivity index (χ0) is 12.7. The zero-order valence-corrected chi connectivity index (χ0v) is 8.81. The highest BCUT2D eigenvalue weighted by Crippen LogP contribution is 2.29. The molecule has 17 heavy (non-hydrogen) atoms. The normalized spacial score (nSPS) is 17.7. The molecular weight excluding hydrogens is 230 g/mol. The van der Waals surface area contributed by atoms with Gasteiger partial charge in [0.05, 0.1) is 17.9 Å². The molecule has 90 valence electrons. The van der Waals surface area contributed by atoms with Crippen molar-refractivity contribution in [3.05, 3.63) is 26.4 Å². The smallest absolute Gasteiger partial charge is 0.329 e. The fraction of sp³-hybridized carbons (Fsp3) is 0.333. The molecule has 0 aromatic carbocycles. The van der Waals surface area contributed by atoms with Gasteiger partial charge in [0.15, 0.2) is 0 Å². The summed E-state index contributed by atoms with van der Waals surface area (Å²) in [4.78, 5) is 47.5. The molecule has 1 aliphatic heterocycles. The van der Waals surface area contributed by atoms with Crippen LogP contribution < -0.4 is 16.6 Å². The number of carbonyl (C=O) groups excluding carboxylic acids is 1. The van der Waals surface area contributed by atoms with E-state index in [1.165, 1.54) is 7.05 Å². The van der Waals surface area contributed by atoms with Crippen molar-refractivity contribution < 1.29 is 14.7 Å². The van der Waals surface area contributed by atoms with E-state index in [2.05, 4.69) is 10.3 Å². The van der Waals surface area contributed by atoms with Crippen molar-refractivity contribution in [2.24, 2.45) is 7.05 Å². The average Bonchev–Trinajstić information content (AvgIpc) is 2.51. The summed E-state index contributed by atoms with van der Waals surface area (Å²) < 4.78 is 0.800. The maximum absolute atomic E-state index is 11.8. The van der Waals surface area contributed by atoms with Crippen LogP contribution in [0.25, 0.3) is 0 Å². The second-order valence-corrected chi connectivity index (χ2v) is 3.72. The molecular formula is C9H9N3O5. The minimum Gasteiger partial charge on any atom is -0.481 e. The van der Waals surface area contributed by atoms with Crippen LogP contribution in [0.4, 0.5) is 5.82 Å². The minimum absolute atomic E-state index is 0.000463. The molecule has 0 fully saturated rings.